The first-order valence-electron chi connectivity index (χ1n) is 29.3. The monoisotopic (exact) mass is 1200 g/mol. The third-order valence-electron chi connectivity index (χ3n) is 13.8. The van der Waals surface area contributed by atoms with E-state index in [1.165, 1.54) is 0 Å². The summed E-state index contributed by atoms with van der Waals surface area (Å²) in [6.45, 7) is 23.0. The number of amides is 10. The molecule has 3 heterocycles. The normalized spacial score (nSPS) is 29.9. The van der Waals surface area contributed by atoms with Gasteiger partial charge in [-0.2, -0.15) is 0 Å². The molecular formula is C56H98N10O18. The lowest BCUT2D eigenvalue weighted by Crippen LogP contribution is -2.58. The minimum Gasteiger partial charge on any atom is -0.444 e. The maximum Gasteiger partial charge on any atom is 0.407 e. The molecule has 28 nitrogen and oxygen atoms in total. The van der Waals surface area contributed by atoms with Crippen LogP contribution in [0.5, 0.6) is 0 Å². The van der Waals surface area contributed by atoms with Gasteiger partial charge in [0, 0.05) is 26.2 Å². The third-order valence-corrected chi connectivity index (χ3v) is 13.8. The van der Waals surface area contributed by atoms with Crippen molar-refractivity contribution in [2.75, 3.05) is 26.2 Å². The summed E-state index contributed by atoms with van der Waals surface area (Å²) < 4.78 is 22.4. The molecule has 3 rings (SSSR count). The van der Waals surface area contributed by atoms with E-state index in [2.05, 4.69) is 53.2 Å². The Bertz CT molecular complexity index is 2090. The van der Waals surface area contributed by atoms with Gasteiger partial charge in [0.1, 0.15) is 84.1 Å². The molecule has 0 saturated carbocycles. The highest BCUT2D eigenvalue weighted by molar-refractivity contribution is 5.95. The number of alkyl carbamates (subject to hydrolysis) is 2. The molecule has 3 saturated heterocycles. The van der Waals surface area contributed by atoms with E-state index in [0.717, 1.165) is 0 Å². The van der Waals surface area contributed by atoms with Gasteiger partial charge in [-0.05, 0) is 104 Å². The first kappa shape index (κ1) is 72.3. The molecule has 10 amide bonds. The Morgan fingerprint density at radius 1 is 0.476 bits per heavy atom. The Labute approximate surface area is 493 Å². The quantitative estimate of drug-likeness (QED) is 0.0920. The molecule has 0 aromatic heterocycles. The Morgan fingerprint density at radius 3 is 1.08 bits per heavy atom. The van der Waals surface area contributed by atoms with Gasteiger partial charge in [0.15, 0.2) is 0 Å². The fraction of sp³-hybridized carbons (Fsp3) is 0.821. The standard InChI is InChI=1S/C56H98N10O18/c1-27(2)21-33-47(73)59-25-37-45(71)43(69)35(81-37)23-39(67)66-42(30(7)8)52(78)62-32(18-16-20-58-54(80)84-56(12,13)14)50(76)64-34(22-28(3)4)48(74)60-26-38-46(72)44(70)36(82-38)24-40(68)65-41(29(5)6)51(77)61-31(49(75)63-33)17-15-19-57-53(79)83-55(9,10)11/h27-38,41-46,69-72H,15-26H2,1-14H3,(H,57,79)(H,58,80)(H,59,73)(H,60,74)(H,61,77)(H,62,78)(H,63,75)(H,64,76)(H,65,68)(H,66,67)/t31-,32+,33-,34+,35-,36-,37+,38+,41-,42-,43-,44-,45+,46+/m0/s1. The lowest BCUT2D eigenvalue weighted by atomic mass is 9.99. The van der Waals surface area contributed by atoms with Crippen molar-refractivity contribution in [1.29, 1.82) is 0 Å². The molecule has 0 spiro atoms. The van der Waals surface area contributed by atoms with Crippen LogP contribution in [0.3, 0.4) is 0 Å². The van der Waals surface area contributed by atoms with Gasteiger partial charge < -0.3 is 92.5 Å². The van der Waals surface area contributed by atoms with Crippen LogP contribution in [0, 0.1) is 23.7 Å². The molecule has 3 aliphatic heterocycles. The largest absolute Gasteiger partial charge is 0.444 e. The Morgan fingerprint density at radius 2 is 0.786 bits per heavy atom. The predicted molar refractivity (Wildman–Crippen MR) is 304 cm³/mol. The summed E-state index contributed by atoms with van der Waals surface area (Å²) in [5, 5.41) is 70.9. The van der Waals surface area contributed by atoms with Gasteiger partial charge in [0.05, 0.1) is 25.0 Å². The number of ether oxygens (including phenoxy) is 4. The lowest BCUT2D eigenvalue weighted by molar-refractivity contribution is -0.135. The van der Waals surface area contributed by atoms with Gasteiger partial charge in [-0.15, -0.1) is 0 Å². The number of fused-ring (bicyclic) bond motifs is 4. The van der Waals surface area contributed by atoms with Crippen molar-refractivity contribution in [3.05, 3.63) is 0 Å². The van der Waals surface area contributed by atoms with Crippen molar-refractivity contribution < 1.29 is 87.3 Å². The lowest BCUT2D eigenvalue weighted by Gasteiger charge is -2.28. The van der Waals surface area contributed by atoms with Crippen LogP contribution in [0.2, 0.25) is 0 Å². The molecule has 0 aromatic rings. The number of carbonyl (C=O) groups is 10. The first-order valence-corrected chi connectivity index (χ1v) is 29.3. The molecule has 84 heavy (non-hydrogen) atoms. The molecule has 480 valence electrons. The Hall–Kier alpha value is -5.94. The van der Waals surface area contributed by atoms with E-state index in [4.69, 9.17) is 18.9 Å². The molecule has 3 fully saturated rings. The molecule has 0 aliphatic carbocycles. The number of aliphatic hydroxyl groups is 4. The van der Waals surface area contributed by atoms with Crippen LogP contribution in [-0.2, 0) is 57.3 Å². The second-order valence-corrected chi connectivity index (χ2v) is 25.5. The number of hydrogen-bond acceptors (Lipinski definition) is 18. The predicted octanol–water partition coefficient (Wildman–Crippen LogP) is -1.09. The molecule has 0 aromatic carbocycles. The van der Waals surface area contributed by atoms with Crippen LogP contribution in [0.15, 0.2) is 0 Å². The zero-order chi connectivity index (χ0) is 63.6. The summed E-state index contributed by atoms with van der Waals surface area (Å²) in [5.41, 5.74) is -1.60. The van der Waals surface area contributed by atoms with Crippen molar-refractivity contribution in [3.8, 4) is 0 Å². The molecular weight excluding hydrogens is 1100 g/mol. The Kier molecular flexibility index (Phi) is 28.5. The van der Waals surface area contributed by atoms with Gasteiger partial charge in [0.2, 0.25) is 47.3 Å². The molecule has 0 radical (unpaired) electrons. The highest BCUT2D eigenvalue weighted by atomic mass is 16.6. The molecule has 14 atom stereocenters. The van der Waals surface area contributed by atoms with E-state index in [0.29, 0.717) is 0 Å². The topological polar surface area (TPSA) is 409 Å². The summed E-state index contributed by atoms with van der Waals surface area (Å²) in [6.07, 6.45) is -14.0. The number of nitrogens with one attached hydrogen (secondary N) is 10. The van der Waals surface area contributed by atoms with Crippen molar-refractivity contribution >= 4 is 59.4 Å². The number of carbonyl (C=O) groups excluding carboxylic acids is 10. The van der Waals surface area contributed by atoms with E-state index in [1.54, 1.807) is 96.9 Å². The summed E-state index contributed by atoms with van der Waals surface area (Å²) in [7, 11) is 0. The third kappa shape index (κ3) is 24.6. The van der Waals surface area contributed by atoms with Crippen molar-refractivity contribution in [2.24, 2.45) is 23.7 Å². The summed E-state index contributed by atoms with van der Waals surface area (Å²) in [6, 6.07) is -7.74. The molecule has 14 N–H and O–H groups in total. The van der Waals surface area contributed by atoms with E-state index in [9.17, 15) is 68.4 Å². The zero-order valence-electron chi connectivity index (χ0n) is 51.4. The van der Waals surface area contributed by atoms with Crippen molar-refractivity contribution in [2.45, 2.75) is 245 Å². The average Bonchev–Trinajstić information content (AvgIpc) is 3.89. The zero-order valence-corrected chi connectivity index (χ0v) is 51.4. The van der Waals surface area contributed by atoms with E-state index >= 15 is 0 Å². The second kappa shape index (κ2) is 33.1. The van der Waals surface area contributed by atoms with Crippen molar-refractivity contribution in [3.63, 3.8) is 0 Å². The summed E-state index contributed by atoms with van der Waals surface area (Å²) in [5.74, 6) is -7.79. The fourth-order valence-electron chi connectivity index (χ4n) is 9.51. The SMILES string of the molecule is CC(C)C[C@@H]1NC(=O)[C@H](CCCNC(=O)OC(C)(C)C)NC(=O)[C@H](C(C)C)NC(=O)C[C@@H]2O[C@H](CNC(=O)[C@@H](CC(C)C)NC(=O)[C@@H](CCCNC(=O)OC(C)(C)C)NC(=O)[C@H](C(C)C)NC(=O)C[C@@H]3O[C@H](CNC1=O)[C@@H](O)[C@H]3O)[C@@H](O)[C@H]2O. The van der Waals surface area contributed by atoms with Crippen LogP contribution in [-0.4, -0.2) is 202 Å². The van der Waals surface area contributed by atoms with Crippen LogP contribution >= 0.6 is 0 Å². The molecule has 3 aliphatic rings. The first-order chi connectivity index (χ1) is 39.0. The van der Waals surface area contributed by atoms with Gasteiger partial charge in [0.25, 0.3) is 0 Å². The van der Waals surface area contributed by atoms with Gasteiger partial charge in [-0.25, -0.2) is 9.59 Å². The van der Waals surface area contributed by atoms with Gasteiger partial charge in [-0.1, -0.05) is 55.4 Å². The smallest absolute Gasteiger partial charge is 0.407 e. The highest BCUT2D eigenvalue weighted by Crippen LogP contribution is 2.26. The van der Waals surface area contributed by atoms with Gasteiger partial charge in [-0.3, -0.25) is 38.4 Å². The average molecular weight is 1200 g/mol. The number of hydrogen-bond donors (Lipinski definition) is 14. The number of rotatable bonds is 14. The van der Waals surface area contributed by atoms with Crippen LogP contribution in [0.1, 0.15) is 148 Å². The molecule has 4 bridgehead atoms. The van der Waals surface area contributed by atoms with Crippen LogP contribution < -0.4 is 53.2 Å². The van der Waals surface area contributed by atoms with E-state index in [1.807, 2.05) is 0 Å². The molecule has 0 unspecified atom stereocenters. The second-order valence-electron chi connectivity index (χ2n) is 25.5. The van der Waals surface area contributed by atoms with E-state index < -0.39 is 193 Å². The summed E-state index contributed by atoms with van der Waals surface area (Å²) in [4.78, 5) is 137. The van der Waals surface area contributed by atoms with Crippen LogP contribution in [0.25, 0.3) is 0 Å². The minimum absolute atomic E-state index is 0.00957. The fourth-order valence-corrected chi connectivity index (χ4v) is 9.51. The highest BCUT2D eigenvalue weighted by Gasteiger charge is 2.46. The number of aliphatic hydroxyl groups excluding tert-OH is 4. The van der Waals surface area contributed by atoms with Crippen LogP contribution in [0.4, 0.5) is 9.59 Å². The minimum atomic E-state index is -1.64. The van der Waals surface area contributed by atoms with Gasteiger partial charge >= 0.3 is 12.2 Å². The maximum absolute atomic E-state index is 14.3. The summed E-state index contributed by atoms with van der Waals surface area (Å²) >= 11 is 0. The van der Waals surface area contributed by atoms with Crippen molar-refractivity contribution in [1.82, 2.24) is 53.2 Å². The Balaban J connectivity index is 2.02. The molecule has 28 heteroatoms. The van der Waals surface area contributed by atoms with E-state index in [-0.39, 0.29) is 63.5 Å². The maximum atomic E-state index is 14.3.